The summed E-state index contributed by atoms with van der Waals surface area (Å²) in [6.07, 6.45) is -1.67. The van der Waals surface area contributed by atoms with Gasteiger partial charge in [-0.25, -0.2) is 9.97 Å². The van der Waals surface area contributed by atoms with Gasteiger partial charge in [0.1, 0.15) is 6.33 Å². The highest BCUT2D eigenvalue weighted by Gasteiger charge is 2.30. The van der Waals surface area contributed by atoms with Gasteiger partial charge in [-0.05, 0) is 48.7 Å². The van der Waals surface area contributed by atoms with Crippen LogP contribution >= 0.6 is 11.6 Å². The van der Waals surface area contributed by atoms with Crippen molar-refractivity contribution >= 4 is 40.8 Å². The maximum atomic E-state index is 12.9. The molecule has 8 nitrogen and oxygen atoms in total. The molecular formula is C24H24ClF3N6O2. The van der Waals surface area contributed by atoms with Crippen LogP contribution in [0, 0.1) is 0 Å². The average Bonchev–Trinajstić information content (AvgIpc) is 2.85. The Kier molecular flexibility index (Phi) is 7.90. The van der Waals surface area contributed by atoms with Gasteiger partial charge in [0.2, 0.25) is 17.8 Å². The van der Waals surface area contributed by atoms with Crippen LogP contribution in [0.4, 0.5) is 36.4 Å². The number of carbonyl (C=O) groups is 1. The molecule has 0 spiro atoms. The van der Waals surface area contributed by atoms with Gasteiger partial charge in [-0.2, -0.15) is 18.2 Å². The molecule has 3 aromatic rings. The molecule has 0 atom stereocenters. The molecule has 1 fully saturated rings. The number of anilines is 4. The summed E-state index contributed by atoms with van der Waals surface area (Å²) in [7, 11) is 0. The van der Waals surface area contributed by atoms with Crippen molar-refractivity contribution in [1.29, 1.82) is 0 Å². The Morgan fingerprint density at radius 3 is 2.67 bits per heavy atom. The van der Waals surface area contributed by atoms with E-state index in [1.165, 1.54) is 19.3 Å². The third-order valence-electron chi connectivity index (χ3n) is 5.56. The van der Waals surface area contributed by atoms with E-state index >= 15 is 0 Å². The van der Waals surface area contributed by atoms with E-state index in [9.17, 15) is 18.0 Å². The number of hydrogen-bond acceptors (Lipinski definition) is 7. The second-order valence-electron chi connectivity index (χ2n) is 8.31. The highest BCUT2D eigenvalue weighted by Crippen LogP contribution is 2.30. The van der Waals surface area contributed by atoms with E-state index in [2.05, 4.69) is 25.6 Å². The van der Waals surface area contributed by atoms with Gasteiger partial charge in [-0.3, -0.25) is 4.79 Å². The molecule has 36 heavy (non-hydrogen) atoms. The van der Waals surface area contributed by atoms with Crippen molar-refractivity contribution < 1.29 is 22.7 Å². The smallest absolute Gasteiger partial charge is 0.373 e. The summed E-state index contributed by atoms with van der Waals surface area (Å²) in [6.45, 7) is 2.78. The van der Waals surface area contributed by atoms with Crippen LogP contribution in [0.3, 0.4) is 0 Å². The lowest BCUT2D eigenvalue weighted by molar-refractivity contribution is -0.137. The number of aromatic nitrogens is 3. The molecule has 0 unspecified atom stereocenters. The molecule has 1 aliphatic rings. The topological polar surface area (TPSA) is 92.3 Å². The maximum absolute atomic E-state index is 12.9. The molecule has 0 saturated carbocycles. The molecule has 1 amide bonds. The summed E-state index contributed by atoms with van der Waals surface area (Å²) < 4.78 is 44.6. The minimum atomic E-state index is -4.37. The Balaban J connectivity index is 1.32. The zero-order valence-electron chi connectivity index (χ0n) is 19.3. The SMILES string of the molecule is CC(=O)Nc1cc(Nc2ncnc(N3CCC(OCc4cccc(C(F)(F)F)c4)CC3)n2)ccc1Cl. The lowest BCUT2D eigenvalue weighted by Gasteiger charge is -2.32. The van der Waals surface area contributed by atoms with E-state index in [-0.39, 0.29) is 18.6 Å². The normalized spacial score (nSPS) is 14.5. The number of rotatable bonds is 7. The fourth-order valence-electron chi connectivity index (χ4n) is 3.79. The van der Waals surface area contributed by atoms with Gasteiger partial charge in [0.25, 0.3) is 0 Å². The monoisotopic (exact) mass is 520 g/mol. The quantitative estimate of drug-likeness (QED) is 0.429. The summed E-state index contributed by atoms with van der Waals surface area (Å²) >= 11 is 6.12. The highest BCUT2D eigenvalue weighted by atomic mass is 35.5. The number of nitrogens with zero attached hydrogens (tertiary/aromatic N) is 4. The molecule has 2 aromatic carbocycles. The van der Waals surface area contributed by atoms with Crippen molar-refractivity contribution in [2.24, 2.45) is 0 Å². The number of nitrogens with one attached hydrogen (secondary N) is 2. The number of piperidine rings is 1. The Labute approximate surface area is 210 Å². The molecule has 0 radical (unpaired) electrons. The first-order chi connectivity index (χ1) is 17.2. The summed E-state index contributed by atoms with van der Waals surface area (Å²) in [4.78, 5) is 26.3. The summed E-state index contributed by atoms with van der Waals surface area (Å²) in [5.74, 6) is 0.595. The number of alkyl halides is 3. The molecule has 1 saturated heterocycles. The standard InChI is InChI=1S/C24H24ClF3N6O2/c1-15(35)31-21-12-18(5-6-20(21)25)32-22-29-14-30-23(33-22)34-9-7-19(8-10-34)36-13-16-3-2-4-17(11-16)24(26,27)28/h2-6,11-12,14,19H,7-10,13H2,1H3,(H,31,35)(H,29,30,32,33). The average molecular weight is 521 g/mol. The van der Waals surface area contributed by atoms with Crippen molar-refractivity contribution in [2.75, 3.05) is 28.6 Å². The van der Waals surface area contributed by atoms with Crippen LogP contribution in [0.1, 0.15) is 30.9 Å². The predicted molar refractivity (Wildman–Crippen MR) is 130 cm³/mol. The molecule has 1 aromatic heterocycles. The third kappa shape index (κ3) is 6.82. The van der Waals surface area contributed by atoms with Crippen molar-refractivity contribution in [3.05, 3.63) is 64.9 Å². The van der Waals surface area contributed by atoms with Crippen LogP contribution in [0.15, 0.2) is 48.8 Å². The second-order valence-corrected chi connectivity index (χ2v) is 8.71. The van der Waals surface area contributed by atoms with Crippen LogP contribution in [0.25, 0.3) is 0 Å². The number of amides is 1. The van der Waals surface area contributed by atoms with Crippen molar-refractivity contribution in [2.45, 2.75) is 38.7 Å². The van der Waals surface area contributed by atoms with E-state index in [4.69, 9.17) is 16.3 Å². The number of ether oxygens (including phenoxy) is 1. The zero-order valence-corrected chi connectivity index (χ0v) is 20.1. The lowest BCUT2D eigenvalue weighted by atomic mass is 10.1. The minimum absolute atomic E-state index is 0.0727. The van der Waals surface area contributed by atoms with Gasteiger partial charge in [-0.15, -0.1) is 0 Å². The molecule has 1 aliphatic heterocycles. The molecule has 2 heterocycles. The summed E-state index contributed by atoms with van der Waals surface area (Å²) in [5, 5.41) is 6.15. The van der Waals surface area contributed by atoms with Crippen molar-refractivity contribution in [1.82, 2.24) is 15.0 Å². The fraction of sp³-hybridized carbons (Fsp3) is 0.333. The van der Waals surface area contributed by atoms with Gasteiger partial charge in [-0.1, -0.05) is 23.7 Å². The maximum Gasteiger partial charge on any atom is 0.416 e. The first kappa shape index (κ1) is 25.6. The fourth-order valence-corrected chi connectivity index (χ4v) is 3.96. The molecule has 2 N–H and O–H groups in total. The molecule has 0 aliphatic carbocycles. The van der Waals surface area contributed by atoms with Gasteiger partial charge in [0.05, 0.1) is 29.0 Å². The van der Waals surface area contributed by atoms with Crippen LogP contribution < -0.4 is 15.5 Å². The molecule has 4 rings (SSSR count). The second kappa shape index (κ2) is 11.1. The van der Waals surface area contributed by atoms with E-state index in [0.717, 1.165) is 12.1 Å². The van der Waals surface area contributed by atoms with Gasteiger partial charge in [0, 0.05) is 25.7 Å². The van der Waals surface area contributed by atoms with E-state index < -0.39 is 11.7 Å². The van der Waals surface area contributed by atoms with E-state index in [1.807, 2.05) is 4.90 Å². The Morgan fingerprint density at radius 2 is 1.94 bits per heavy atom. The molecule has 0 bridgehead atoms. The summed E-state index contributed by atoms with van der Waals surface area (Å²) in [6, 6.07) is 10.3. The van der Waals surface area contributed by atoms with Crippen LogP contribution in [0.5, 0.6) is 0 Å². The number of halogens is 4. The van der Waals surface area contributed by atoms with Crippen LogP contribution in [-0.2, 0) is 22.3 Å². The van der Waals surface area contributed by atoms with Crippen molar-refractivity contribution in [3.63, 3.8) is 0 Å². The largest absolute Gasteiger partial charge is 0.416 e. The number of benzene rings is 2. The van der Waals surface area contributed by atoms with Crippen LogP contribution in [-0.4, -0.2) is 40.1 Å². The summed E-state index contributed by atoms with van der Waals surface area (Å²) in [5.41, 5.74) is 0.921. The minimum Gasteiger partial charge on any atom is -0.373 e. The van der Waals surface area contributed by atoms with Gasteiger partial charge in [0.15, 0.2) is 0 Å². The third-order valence-corrected chi connectivity index (χ3v) is 5.89. The van der Waals surface area contributed by atoms with Gasteiger partial charge >= 0.3 is 6.18 Å². The molecule has 190 valence electrons. The molecule has 12 heteroatoms. The predicted octanol–water partition coefficient (Wildman–Crippen LogP) is 5.43. The zero-order chi connectivity index (χ0) is 25.7. The number of hydrogen-bond donors (Lipinski definition) is 2. The van der Waals surface area contributed by atoms with Crippen LogP contribution in [0.2, 0.25) is 5.02 Å². The van der Waals surface area contributed by atoms with Gasteiger partial charge < -0.3 is 20.3 Å². The number of carbonyl (C=O) groups excluding carboxylic acids is 1. The Morgan fingerprint density at radius 1 is 1.17 bits per heavy atom. The lowest BCUT2D eigenvalue weighted by Crippen LogP contribution is -2.38. The van der Waals surface area contributed by atoms with Crippen molar-refractivity contribution in [3.8, 4) is 0 Å². The first-order valence-electron chi connectivity index (χ1n) is 11.2. The molecular weight excluding hydrogens is 497 g/mol. The highest BCUT2D eigenvalue weighted by molar-refractivity contribution is 6.33. The van der Waals surface area contributed by atoms with E-state index in [0.29, 0.717) is 59.8 Å². The Bertz CT molecular complexity index is 1220. The Hall–Kier alpha value is -3.44. The van der Waals surface area contributed by atoms with E-state index in [1.54, 1.807) is 24.3 Å². The first-order valence-corrected chi connectivity index (χ1v) is 11.6.